The highest BCUT2D eigenvalue weighted by molar-refractivity contribution is 5.92. The van der Waals surface area contributed by atoms with Crippen LogP contribution in [0.4, 0.5) is 5.69 Å². The van der Waals surface area contributed by atoms with Crippen LogP contribution >= 0.6 is 0 Å². The van der Waals surface area contributed by atoms with Crippen molar-refractivity contribution in [2.45, 2.75) is 27.2 Å². The molecule has 5 heteroatoms. The largest absolute Gasteiger partial charge is 0.480 e. The summed E-state index contributed by atoms with van der Waals surface area (Å²) in [7, 11) is 0. The van der Waals surface area contributed by atoms with Crippen molar-refractivity contribution < 1.29 is 14.7 Å². The lowest BCUT2D eigenvalue weighted by Crippen LogP contribution is -2.39. The fourth-order valence-corrected chi connectivity index (χ4v) is 2.12. The molecular weight excluding hydrogens is 268 g/mol. The van der Waals surface area contributed by atoms with Crippen LogP contribution in [-0.2, 0) is 16.0 Å². The third kappa shape index (κ3) is 6.90. The van der Waals surface area contributed by atoms with Crippen LogP contribution in [0, 0.1) is 5.92 Å². The van der Waals surface area contributed by atoms with E-state index < -0.39 is 5.97 Å². The number of carboxylic acid groups (broad SMARTS) is 1. The number of nitrogens with one attached hydrogen (secondary N) is 1. The molecule has 0 bridgehead atoms. The first kappa shape index (κ1) is 17.2. The quantitative estimate of drug-likeness (QED) is 0.771. The molecule has 1 aromatic carbocycles. The summed E-state index contributed by atoms with van der Waals surface area (Å²) in [5, 5.41) is 11.7. The molecule has 2 N–H and O–H groups in total. The number of benzene rings is 1. The summed E-state index contributed by atoms with van der Waals surface area (Å²) in [4.78, 5) is 24.5. The number of hydrogen-bond donors (Lipinski definition) is 2. The van der Waals surface area contributed by atoms with E-state index in [-0.39, 0.29) is 19.0 Å². The van der Waals surface area contributed by atoms with Crippen LogP contribution in [0.2, 0.25) is 0 Å². The van der Waals surface area contributed by atoms with Crippen molar-refractivity contribution in [3.63, 3.8) is 0 Å². The number of carbonyl (C=O) groups is 2. The minimum absolute atomic E-state index is 0.0833. The number of amides is 1. The molecule has 0 heterocycles. The molecule has 116 valence electrons. The highest BCUT2D eigenvalue weighted by Crippen LogP contribution is 2.10. The Bertz CT molecular complexity index is 469. The van der Waals surface area contributed by atoms with Crippen LogP contribution in [0.5, 0.6) is 0 Å². The second kappa shape index (κ2) is 8.42. The first-order valence-electron chi connectivity index (χ1n) is 7.23. The maximum Gasteiger partial charge on any atom is 0.317 e. The number of carboxylic acids is 1. The van der Waals surface area contributed by atoms with Crippen LogP contribution in [0.25, 0.3) is 0 Å². The lowest BCUT2D eigenvalue weighted by atomic mass is 10.1. The lowest BCUT2D eigenvalue weighted by molar-refractivity contribution is -0.138. The van der Waals surface area contributed by atoms with Gasteiger partial charge < -0.3 is 10.4 Å². The van der Waals surface area contributed by atoms with Gasteiger partial charge in [-0.3, -0.25) is 14.5 Å². The molecule has 1 aromatic rings. The van der Waals surface area contributed by atoms with Gasteiger partial charge in [-0.1, -0.05) is 32.9 Å². The van der Waals surface area contributed by atoms with Gasteiger partial charge in [-0.05, 0) is 30.0 Å². The standard InChI is InChI=1S/C16H24N2O3/c1-4-13-5-7-14(8-6-13)17-15(19)10-18(9-12(2)3)11-16(20)21/h5-8,12H,4,9-11H2,1-3H3,(H,17,19)(H,20,21). The average molecular weight is 292 g/mol. The van der Waals surface area contributed by atoms with E-state index in [4.69, 9.17) is 5.11 Å². The molecule has 0 aliphatic heterocycles. The molecule has 0 fully saturated rings. The number of aryl methyl sites for hydroxylation is 1. The van der Waals surface area contributed by atoms with E-state index in [1.165, 1.54) is 5.56 Å². The maximum absolute atomic E-state index is 12.0. The van der Waals surface area contributed by atoms with Gasteiger partial charge in [0, 0.05) is 12.2 Å². The number of rotatable bonds is 8. The van der Waals surface area contributed by atoms with E-state index >= 15 is 0 Å². The Hall–Kier alpha value is -1.88. The zero-order chi connectivity index (χ0) is 15.8. The van der Waals surface area contributed by atoms with E-state index in [1.807, 2.05) is 38.1 Å². The second-order valence-corrected chi connectivity index (χ2v) is 5.56. The minimum Gasteiger partial charge on any atom is -0.480 e. The molecule has 0 aromatic heterocycles. The fraction of sp³-hybridized carbons (Fsp3) is 0.500. The van der Waals surface area contributed by atoms with Crippen LogP contribution in [0.3, 0.4) is 0 Å². The third-order valence-corrected chi connectivity index (χ3v) is 3.00. The number of aliphatic carboxylic acids is 1. The SMILES string of the molecule is CCc1ccc(NC(=O)CN(CC(=O)O)CC(C)C)cc1. The van der Waals surface area contributed by atoms with Gasteiger partial charge >= 0.3 is 5.97 Å². The average Bonchev–Trinajstić information content (AvgIpc) is 2.37. The Labute approximate surface area is 126 Å². The number of carbonyl (C=O) groups excluding carboxylic acids is 1. The van der Waals surface area contributed by atoms with E-state index in [0.717, 1.165) is 12.1 Å². The summed E-state index contributed by atoms with van der Waals surface area (Å²) in [5.41, 5.74) is 1.94. The Balaban J connectivity index is 2.57. The van der Waals surface area contributed by atoms with Gasteiger partial charge in [-0.15, -0.1) is 0 Å². The van der Waals surface area contributed by atoms with Crippen LogP contribution in [0.1, 0.15) is 26.3 Å². The predicted octanol–water partition coefficient (Wildman–Crippen LogP) is 2.23. The number of anilines is 1. The smallest absolute Gasteiger partial charge is 0.317 e. The molecule has 0 aliphatic rings. The Kier molecular flexibility index (Phi) is 6.88. The molecule has 0 atom stereocenters. The number of hydrogen-bond acceptors (Lipinski definition) is 3. The third-order valence-electron chi connectivity index (χ3n) is 3.00. The van der Waals surface area contributed by atoms with Gasteiger partial charge in [0.15, 0.2) is 0 Å². The Morgan fingerprint density at radius 1 is 1.19 bits per heavy atom. The first-order valence-corrected chi connectivity index (χ1v) is 7.23. The molecule has 0 saturated carbocycles. The van der Waals surface area contributed by atoms with Crippen LogP contribution < -0.4 is 5.32 Å². The first-order chi connectivity index (χ1) is 9.90. The van der Waals surface area contributed by atoms with Crippen molar-refractivity contribution >= 4 is 17.6 Å². The summed E-state index contributed by atoms with van der Waals surface area (Å²) >= 11 is 0. The van der Waals surface area contributed by atoms with Crippen molar-refractivity contribution in [3.8, 4) is 0 Å². The zero-order valence-electron chi connectivity index (χ0n) is 12.9. The van der Waals surface area contributed by atoms with Crippen molar-refractivity contribution in [1.29, 1.82) is 0 Å². The van der Waals surface area contributed by atoms with E-state index in [0.29, 0.717) is 12.5 Å². The molecule has 5 nitrogen and oxygen atoms in total. The highest BCUT2D eigenvalue weighted by Gasteiger charge is 2.15. The number of nitrogens with zero attached hydrogens (tertiary/aromatic N) is 1. The molecule has 0 aliphatic carbocycles. The fourth-order valence-electron chi connectivity index (χ4n) is 2.12. The maximum atomic E-state index is 12.0. The van der Waals surface area contributed by atoms with Crippen molar-refractivity contribution in [3.05, 3.63) is 29.8 Å². The molecule has 1 amide bonds. The lowest BCUT2D eigenvalue weighted by Gasteiger charge is -2.21. The van der Waals surface area contributed by atoms with Gasteiger partial charge in [-0.2, -0.15) is 0 Å². The normalized spacial score (nSPS) is 10.9. The summed E-state index contributed by atoms with van der Waals surface area (Å²) < 4.78 is 0. The van der Waals surface area contributed by atoms with E-state index in [9.17, 15) is 9.59 Å². The molecule has 0 saturated heterocycles. The van der Waals surface area contributed by atoms with Crippen molar-refractivity contribution in [1.82, 2.24) is 4.90 Å². The second-order valence-electron chi connectivity index (χ2n) is 5.56. The molecule has 0 radical (unpaired) electrons. The minimum atomic E-state index is -0.921. The molecule has 0 spiro atoms. The van der Waals surface area contributed by atoms with Gasteiger partial charge in [0.1, 0.15) is 0 Å². The molecule has 0 unspecified atom stereocenters. The van der Waals surface area contributed by atoms with Gasteiger partial charge in [0.25, 0.3) is 0 Å². The van der Waals surface area contributed by atoms with Crippen molar-refractivity contribution in [2.75, 3.05) is 25.0 Å². The predicted molar refractivity (Wildman–Crippen MR) is 83.4 cm³/mol. The molecular formula is C16H24N2O3. The van der Waals surface area contributed by atoms with Crippen molar-refractivity contribution in [2.24, 2.45) is 5.92 Å². The van der Waals surface area contributed by atoms with E-state index in [2.05, 4.69) is 12.2 Å². The zero-order valence-corrected chi connectivity index (χ0v) is 12.9. The summed E-state index contributed by atoms with van der Waals surface area (Å²) in [6.07, 6.45) is 0.953. The molecule has 1 rings (SSSR count). The highest BCUT2D eigenvalue weighted by atomic mass is 16.4. The Morgan fingerprint density at radius 3 is 2.29 bits per heavy atom. The van der Waals surface area contributed by atoms with Gasteiger partial charge in [-0.25, -0.2) is 0 Å². The van der Waals surface area contributed by atoms with Gasteiger partial charge in [0.2, 0.25) is 5.91 Å². The van der Waals surface area contributed by atoms with Gasteiger partial charge in [0.05, 0.1) is 13.1 Å². The van der Waals surface area contributed by atoms with Crippen LogP contribution in [-0.4, -0.2) is 41.5 Å². The summed E-state index contributed by atoms with van der Waals surface area (Å²) in [5.74, 6) is -0.808. The molecule has 21 heavy (non-hydrogen) atoms. The Morgan fingerprint density at radius 2 is 1.81 bits per heavy atom. The topological polar surface area (TPSA) is 69.6 Å². The monoisotopic (exact) mass is 292 g/mol. The summed E-state index contributed by atoms with van der Waals surface area (Å²) in [6, 6.07) is 7.67. The summed E-state index contributed by atoms with van der Waals surface area (Å²) in [6.45, 7) is 6.60. The van der Waals surface area contributed by atoms with Crippen LogP contribution in [0.15, 0.2) is 24.3 Å². The van der Waals surface area contributed by atoms with E-state index in [1.54, 1.807) is 4.90 Å².